The maximum atomic E-state index is 6.12. The molecule has 0 aliphatic heterocycles. The topological polar surface area (TPSA) is 36.9 Å². The second-order valence-corrected chi connectivity index (χ2v) is 25.1. The lowest BCUT2D eigenvalue weighted by molar-refractivity contribution is 0.393. The maximum Gasteiger partial charge on any atom is 0.136 e. The Labute approximate surface area is 382 Å². The molecule has 0 fully saturated rings. The van der Waals surface area contributed by atoms with Gasteiger partial charge in [0.1, 0.15) is 23.0 Å². The van der Waals surface area contributed by atoms with Crippen molar-refractivity contribution in [3.63, 3.8) is 0 Å². The maximum absolute atomic E-state index is 6.12. The zero-order chi connectivity index (χ0) is 45.8. The minimum atomic E-state index is -0.590. The van der Waals surface area contributed by atoms with E-state index in [1.807, 2.05) is 6.07 Å². The summed E-state index contributed by atoms with van der Waals surface area (Å²) in [6.45, 7) is 41.8. The zero-order valence-corrected chi connectivity index (χ0v) is 44.6. The highest BCUT2D eigenvalue weighted by Crippen LogP contribution is 2.62. The van der Waals surface area contributed by atoms with Crippen LogP contribution in [0.3, 0.4) is 0 Å². The van der Waals surface area contributed by atoms with Crippen molar-refractivity contribution in [3.8, 4) is 45.3 Å². The highest BCUT2D eigenvalue weighted by Gasteiger charge is 2.40. The van der Waals surface area contributed by atoms with Crippen LogP contribution in [0.15, 0.2) is 48.5 Å². The molecular formula is C54H80IO4P. The van der Waals surface area contributed by atoms with Gasteiger partial charge in [-0.1, -0.05) is 157 Å². The Kier molecular flexibility index (Phi) is 18.1. The zero-order valence-electron chi connectivity index (χ0n) is 41.5. The van der Waals surface area contributed by atoms with Gasteiger partial charge in [0.2, 0.25) is 0 Å². The Balaban J connectivity index is 0.000000332. The molecule has 0 spiro atoms. The molecule has 60 heavy (non-hydrogen) atoms. The Morgan fingerprint density at radius 2 is 0.733 bits per heavy atom. The Morgan fingerprint density at radius 1 is 0.417 bits per heavy atom. The van der Waals surface area contributed by atoms with E-state index in [1.165, 1.54) is 60.9 Å². The summed E-state index contributed by atoms with van der Waals surface area (Å²) < 4.78 is 24.2. The summed E-state index contributed by atoms with van der Waals surface area (Å²) in [6, 6.07) is 18.1. The van der Waals surface area contributed by atoms with Crippen LogP contribution < -0.4 is 24.3 Å². The molecular weight excluding hydrogens is 870 g/mol. The van der Waals surface area contributed by atoms with E-state index >= 15 is 0 Å². The van der Waals surface area contributed by atoms with Gasteiger partial charge in [-0.05, 0) is 131 Å². The van der Waals surface area contributed by atoms with Gasteiger partial charge in [0.15, 0.2) is 0 Å². The van der Waals surface area contributed by atoms with Crippen LogP contribution in [0.4, 0.5) is 0 Å². The van der Waals surface area contributed by atoms with Crippen LogP contribution in [-0.2, 0) is 0 Å². The Hall–Kier alpha value is -2.76. The summed E-state index contributed by atoms with van der Waals surface area (Å²) in [7, 11) is 6.39. The minimum Gasteiger partial charge on any atom is -0.497 e. The summed E-state index contributed by atoms with van der Waals surface area (Å²) >= 11 is 2.40. The first-order valence-corrected chi connectivity index (χ1v) is 24.5. The fourth-order valence-corrected chi connectivity index (χ4v) is 13.5. The first kappa shape index (κ1) is 51.6. The Morgan fingerprint density at radius 3 is 1.02 bits per heavy atom. The predicted octanol–water partition coefficient (Wildman–Crippen LogP) is 16.8. The third kappa shape index (κ3) is 11.8. The molecule has 0 atom stereocenters. The van der Waals surface area contributed by atoms with E-state index in [4.69, 9.17) is 18.9 Å². The van der Waals surface area contributed by atoms with Gasteiger partial charge < -0.3 is 18.9 Å². The third-order valence-corrected chi connectivity index (χ3v) is 16.0. The molecule has 0 aliphatic carbocycles. The van der Waals surface area contributed by atoms with E-state index in [1.54, 1.807) is 28.4 Å². The molecule has 0 aromatic heterocycles. The average Bonchev–Trinajstić information content (AvgIpc) is 3.15. The summed E-state index contributed by atoms with van der Waals surface area (Å²) in [5, 5.41) is 1.58. The molecule has 0 heterocycles. The Bertz CT molecular complexity index is 1990. The number of hydrogen-bond acceptors (Lipinski definition) is 4. The summed E-state index contributed by atoms with van der Waals surface area (Å²) in [6.07, 6.45) is 0. The molecule has 4 aromatic rings. The summed E-state index contributed by atoms with van der Waals surface area (Å²) in [4.78, 5) is 0. The van der Waals surface area contributed by atoms with Crippen molar-refractivity contribution in [2.75, 3.05) is 28.4 Å². The van der Waals surface area contributed by atoms with Gasteiger partial charge in [-0.2, -0.15) is 0 Å². The van der Waals surface area contributed by atoms with Crippen LogP contribution in [0.25, 0.3) is 22.3 Å². The van der Waals surface area contributed by atoms with Crippen LogP contribution in [0.1, 0.15) is 194 Å². The molecule has 0 N–H and O–H groups in total. The first-order valence-electron chi connectivity index (χ1n) is 22.1. The molecule has 4 nitrogen and oxygen atoms in total. The van der Waals surface area contributed by atoms with E-state index in [0.29, 0.717) is 35.5 Å². The van der Waals surface area contributed by atoms with Gasteiger partial charge in [-0.15, -0.1) is 0 Å². The molecule has 4 rings (SSSR count). The van der Waals surface area contributed by atoms with Crippen molar-refractivity contribution in [1.29, 1.82) is 0 Å². The second-order valence-electron chi connectivity index (χ2n) is 20.2. The SMILES string of the molecule is COc1cc(OC)c(I)c(-c2c(C(C)C)cc(C(C)C)cc2C(C)C)c1.COc1cc(OC)c(P(C(C)(C)C)C(C)(C)C)c(-c2c(C(C)C)cc(C(C)C)cc2C(C)C)c1. The summed E-state index contributed by atoms with van der Waals surface area (Å²) in [5.74, 6) is 6.18. The molecule has 0 saturated carbocycles. The quantitative estimate of drug-likeness (QED) is 0.0988. The van der Waals surface area contributed by atoms with Gasteiger partial charge in [-0.25, -0.2) is 0 Å². The van der Waals surface area contributed by atoms with Crippen molar-refractivity contribution in [1.82, 2.24) is 0 Å². The molecule has 0 saturated heterocycles. The molecule has 0 amide bonds. The molecule has 4 aromatic carbocycles. The normalized spacial score (nSPS) is 12.3. The third-order valence-electron chi connectivity index (χ3n) is 11.3. The lowest BCUT2D eigenvalue weighted by Gasteiger charge is -2.43. The minimum absolute atomic E-state index is 0.109. The van der Waals surface area contributed by atoms with E-state index in [2.05, 4.69) is 190 Å². The molecule has 0 bridgehead atoms. The van der Waals surface area contributed by atoms with E-state index < -0.39 is 7.92 Å². The molecule has 332 valence electrons. The highest BCUT2D eigenvalue weighted by molar-refractivity contribution is 14.1. The monoisotopic (exact) mass is 950 g/mol. The van der Waals surface area contributed by atoms with Crippen molar-refractivity contribution < 1.29 is 18.9 Å². The van der Waals surface area contributed by atoms with Crippen LogP contribution in [0.2, 0.25) is 0 Å². The molecule has 0 radical (unpaired) electrons. The number of halogens is 1. The van der Waals surface area contributed by atoms with Gasteiger partial charge in [0.05, 0.1) is 32.0 Å². The van der Waals surface area contributed by atoms with Crippen molar-refractivity contribution in [2.24, 2.45) is 0 Å². The van der Waals surface area contributed by atoms with Crippen LogP contribution in [0.5, 0.6) is 23.0 Å². The summed E-state index contributed by atoms with van der Waals surface area (Å²) in [5.41, 5.74) is 13.7. The lowest BCUT2D eigenvalue weighted by Crippen LogP contribution is -2.33. The van der Waals surface area contributed by atoms with Crippen molar-refractivity contribution in [2.45, 2.75) is 170 Å². The first-order chi connectivity index (χ1) is 27.7. The fourth-order valence-electron chi connectivity index (χ4n) is 8.51. The van der Waals surface area contributed by atoms with Gasteiger partial charge >= 0.3 is 0 Å². The van der Waals surface area contributed by atoms with E-state index in [-0.39, 0.29) is 10.3 Å². The number of rotatable bonds is 13. The van der Waals surface area contributed by atoms with Crippen LogP contribution in [0, 0.1) is 3.57 Å². The predicted molar refractivity (Wildman–Crippen MR) is 273 cm³/mol. The fraction of sp³-hybridized carbons (Fsp3) is 0.556. The average molecular weight is 951 g/mol. The number of hydrogen-bond donors (Lipinski definition) is 0. The smallest absolute Gasteiger partial charge is 0.136 e. The van der Waals surface area contributed by atoms with E-state index in [0.717, 1.165) is 26.6 Å². The van der Waals surface area contributed by atoms with Gasteiger partial charge in [0.25, 0.3) is 0 Å². The van der Waals surface area contributed by atoms with Crippen LogP contribution in [-0.4, -0.2) is 38.8 Å². The standard InChI is InChI=1S/C31H49O2P.C23H31IO2/c1-19(2)22-15-24(20(3)4)28(25(16-22)21(5)6)26-17-23(32-13)18-27(33-14)29(26)34(30(7,8)9)31(10,11)12;1-13(2)16-9-18(14(3)4)22(19(10-16)15(5)6)20-11-17(25-7)12-21(26-8)23(20)24/h15-21H,1-14H3;9-15H,1-8H3. The largest absolute Gasteiger partial charge is 0.497 e. The number of ether oxygens (including phenoxy) is 4. The van der Waals surface area contributed by atoms with E-state index in [9.17, 15) is 0 Å². The molecule has 6 heteroatoms. The van der Waals surface area contributed by atoms with Crippen molar-refractivity contribution in [3.05, 3.63) is 85.5 Å². The van der Waals surface area contributed by atoms with Crippen molar-refractivity contribution >= 4 is 35.8 Å². The highest BCUT2D eigenvalue weighted by atomic mass is 127. The number of benzene rings is 4. The lowest BCUT2D eigenvalue weighted by atomic mass is 9.81. The van der Waals surface area contributed by atoms with Crippen LogP contribution >= 0.6 is 30.5 Å². The molecule has 0 unspecified atom stereocenters. The van der Waals surface area contributed by atoms with Gasteiger partial charge in [0, 0.05) is 23.0 Å². The molecule has 0 aliphatic rings. The van der Waals surface area contributed by atoms with Gasteiger partial charge in [-0.3, -0.25) is 0 Å². The second kappa shape index (κ2) is 21.1. The number of methoxy groups -OCH3 is 4.